The molecule has 4 N–H and O–H groups in total. The summed E-state index contributed by atoms with van der Waals surface area (Å²) in [5, 5.41) is 9.96. The van der Waals surface area contributed by atoms with Crippen molar-refractivity contribution in [3.8, 4) is 28.4 Å². The van der Waals surface area contributed by atoms with Crippen LogP contribution in [0.4, 0.5) is 5.69 Å². The first kappa shape index (κ1) is 35.8. The van der Waals surface area contributed by atoms with Gasteiger partial charge in [-0.1, -0.05) is 38.1 Å². The van der Waals surface area contributed by atoms with E-state index in [2.05, 4.69) is 20.9 Å². The monoisotopic (exact) mass is 684 g/mol. The van der Waals surface area contributed by atoms with Crippen LogP contribution in [0.3, 0.4) is 0 Å². The van der Waals surface area contributed by atoms with Gasteiger partial charge in [0.15, 0.2) is 11.5 Å². The van der Waals surface area contributed by atoms with Crippen molar-refractivity contribution in [3.05, 3.63) is 81.6 Å². The molecule has 1 aliphatic carbocycles. The number of hydrogen-bond acceptors (Lipinski definition) is 9. The van der Waals surface area contributed by atoms with Gasteiger partial charge in [0.05, 0.1) is 40.2 Å². The van der Waals surface area contributed by atoms with E-state index in [0.717, 1.165) is 22.0 Å². The third kappa shape index (κ3) is 7.24. The number of benzene rings is 2. The fourth-order valence-electron chi connectivity index (χ4n) is 6.65. The average molecular weight is 685 g/mol. The van der Waals surface area contributed by atoms with Crippen LogP contribution in [0.1, 0.15) is 49.9 Å². The highest BCUT2D eigenvalue weighted by Gasteiger charge is 2.32. The number of aryl methyl sites for hydroxylation is 1. The molecular formula is C38H44N4O8. The highest BCUT2D eigenvalue weighted by atomic mass is 16.5. The zero-order valence-corrected chi connectivity index (χ0v) is 29.4. The number of methoxy groups -OCH3 is 4. The maximum absolute atomic E-state index is 14.0. The molecule has 1 heterocycles. The summed E-state index contributed by atoms with van der Waals surface area (Å²) in [6, 6.07) is 12.1. The first-order valence-corrected chi connectivity index (χ1v) is 16.5. The van der Waals surface area contributed by atoms with Crippen LogP contribution >= 0.6 is 0 Å². The van der Waals surface area contributed by atoms with E-state index in [-0.39, 0.29) is 29.4 Å². The summed E-state index contributed by atoms with van der Waals surface area (Å²) in [7, 11) is 5.89. The number of nitrogens with one attached hydrogen (secondary N) is 4. The van der Waals surface area contributed by atoms with Gasteiger partial charge in [-0.2, -0.15) is 0 Å². The van der Waals surface area contributed by atoms with E-state index in [0.29, 0.717) is 46.8 Å². The molecule has 5 rings (SSSR count). The average Bonchev–Trinajstić information content (AvgIpc) is 3.36. The maximum Gasteiger partial charge on any atom is 0.328 e. The summed E-state index contributed by atoms with van der Waals surface area (Å²) in [6.07, 6.45) is 3.08. The van der Waals surface area contributed by atoms with Gasteiger partial charge in [0, 0.05) is 36.0 Å². The van der Waals surface area contributed by atoms with E-state index in [1.165, 1.54) is 34.3 Å². The third-order valence-electron chi connectivity index (χ3n) is 9.08. The minimum atomic E-state index is -0.973. The summed E-state index contributed by atoms with van der Waals surface area (Å²) in [4.78, 5) is 56.3. The lowest BCUT2D eigenvalue weighted by molar-refractivity contribution is -0.145. The number of aromatic amines is 1. The molecule has 0 spiro atoms. The van der Waals surface area contributed by atoms with Gasteiger partial charge in [-0.3, -0.25) is 14.4 Å². The molecule has 1 aromatic heterocycles. The van der Waals surface area contributed by atoms with E-state index in [1.807, 2.05) is 50.4 Å². The number of hydrogen-bond donors (Lipinski definition) is 4. The van der Waals surface area contributed by atoms with E-state index >= 15 is 0 Å². The van der Waals surface area contributed by atoms with Crippen LogP contribution in [-0.2, 0) is 32.0 Å². The second kappa shape index (κ2) is 15.4. The van der Waals surface area contributed by atoms with Gasteiger partial charge < -0.3 is 39.9 Å². The molecule has 3 unspecified atom stereocenters. The number of fused-ring (bicyclic) bond motifs is 4. The standard InChI is InChI=1S/C38H44N4O8/c1-20(2)34(37(45)42-30(38(46)50-7)16-23-19-39-27-11-9-8-10-24(23)27)41-29-15-13-25-26(18-31(29)44)28(40-21(3)43)14-12-22-17-32(47-4)35(48-5)36(49-6)33(22)25/h8-11,13,15,17-20,28,30,34,39H,12,14,16H2,1-7H3,(H,40,43)(H,41,44)(H,42,45). The number of rotatable bonds is 12. The molecule has 0 saturated heterocycles. The van der Waals surface area contributed by atoms with Crippen LogP contribution in [0, 0.1) is 5.92 Å². The Morgan fingerprint density at radius 1 is 0.960 bits per heavy atom. The molecule has 0 aliphatic heterocycles. The summed E-state index contributed by atoms with van der Waals surface area (Å²) >= 11 is 0. The normalized spacial score (nSPS) is 14.8. The fraction of sp³-hybridized carbons (Fsp3) is 0.368. The van der Waals surface area contributed by atoms with Crippen LogP contribution < -0.4 is 35.6 Å². The molecule has 2 amide bonds. The molecule has 12 heteroatoms. The van der Waals surface area contributed by atoms with Gasteiger partial charge >= 0.3 is 5.97 Å². The Kier molecular flexibility index (Phi) is 11.0. The van der Waals surface area contributed by atoms with Crippen molar-refractivity contribution in [2.45, 2.75) is 58.2 Å². The lowest BCUT2D eigenvalue weighted by Crippen LogP contribution is -2.51. The van der Waals surface area contributed by atoms with E-state index in [9.17, 15) is 19.2 Å². The quantitative estimate of drug-likeness (QED) is 0.156. The molecule has 0 saturated carbocycles. The molecule has 3 aromatic carbocycles. The highest BCUT2D eigenvalue weighted by Crippen LogP contribution is 2.50. The Bertz CT molecular complexity index is 1970. The van der Waals surface area contributed by atoms with Crippen molar-refractivity contribution in [1.29, 1.82) is 0 Å². The summed E-state index contributed by atoms with van der Waals surface area (Å²) in [5.41, 5.74) is 4.41. The Balaban J connectivity index is 1.54. The number of esters is 1. The fourth-order valence-corrected chi connectivity index (χ4v) is 6.65. The van der Waals surface area contributed by atoms with Crippen LogP contribution in [0.5, 0.6) is 17.2 Å². The van der Waals surface area contributed by atoms with E-state index in [1.54, 1.807) is 19.2 Å². The topological polar surface area (TPSA) is 157 Å². The Labute approximate surface area is 290 Å². The van der Waals surface area contributed by atoms with Crippen molar-refractivity contribution >= 4 is 34.4 Å². The smallest absolute Gasteiger partial charge is 0.328 e. The Hall–Kier alpha value is -5.52. The highest BCUT2D eigenvalue weighted by molar-refractivity contribution is 5.91. The Morgan fingerprint density at radius 3 is 2.36 bits per heavy atom. The van der Waals surface area contributed by atoms with Crippen LogP contribution in [0.25, 0.3) is 22.0 Å². The predicted molar refractivity (Wildman–Crippen MR) is 191 cm³/mol. The molecule has 50 heavy (non-hydrogen) atoms. The summed E-state index contributed by atoms with van der Waals surface area (Å²) in [5.74, 6) is -0.255. The van der Waals surface area contributed by atoms with Crippen molar-refractivity contribution in [1.82, 2.24) is 15.6 Å². The number of para-hydroxylation sites is 1. The first-order valence-electron chi connectivity index (χ1n) is 16.5. The van der Waals surface area contributed by atoms with Crippen molar-refractivity contribution in [2.24, 2.45) is 5.92 Å². The molecular weight excluding hydrogens is 640 g/mol. The largest absolute Gasteiger partial charge is 0.493 e. The molecule has 3 atom stereocenters. The lowest BCUT2D eigenvalue weighted by atomic mass is 9.95. The number of ether oxygens (including phenoxy) is 4. The van der Waals surface area contributed by atoms with Gasteiger partial charge in [0.2, 0.25) is 23.0 Å². The van der Waals surface area contributed by atoms with Crippen LogP contribution in [0.15, 0.2) is 59.5 Å². The number of carbonyl (C=O) groups excluding carboxylic acids is 3. The summed E-state index contributed by atoms with van der Waals surface area (Å²) in [6.45, 7) is 5.13. The molecule has 0 bridgehead atoms. The van der Waals surface area contributed by atoms with E-state index in [4.69, 9.17) is 18.9 Å². The van der Waals surface area contributed by atoms with Gasteiger partial charge in [-0.25, -0.2) is 4.79 Å². The number of aromatic nitrogens is 1. The van der Waals surface area contributed by atoms with Gasteiger partial charge in [-0.15, -0.1) is 0 Å². The maximum atomic E-state index is 14.0. The van der Waals surface area contributed by atoms with Crippen LogP contribution in [-0.4, -0.2) is 63.3 Å². The minimum Gasteiger partial charge on any atom is -0.493 e. The molecule has 0 fully saturated rings. The second-order valence-corrected chi connectivity index (χ2v) is 12.6. The van der Waals surface area contributed by atoms with Crippen molar-refractivity contribution < 1.29 is 33.3 Å². The molecule has 264 valence electrons. The molecule has 1 aliphatic rings. The number of carbonyl (C=O) groups is 3. The van der Waals surface area contributed by atoms with Gasteiger partial charge in [-0.05, 0) is 65.3 Å². The third-order valence-corrected chi connectivity index (χ3v) is 9.08. The lowest BCUT2D eigenvalue weighted by Gasteiger charge is -2.25. The zero-order valence-electron chi connectivity index (χ0n) is 29.4. The minimum absolute atomic E-state index is 0.167. The van der Waals surface area contributed by atoms with Crippen molar-refractivity contribution in [2.75, 3.05) is 33.8 Å². The zero-order chi connectivity index (χ0) is 36.1. The molecule has 4 aromatic rings. The number of anilines is 1. The van der Waals surface area contributed by atoms with Crippen molar-refractivity contribution in [3.63, 3.8) is 0 Å². The van der Waals surface area contributed by atoms with Gasteiger partial charge in [0.25, 0.3) is 0 Å². The first-order chi connectivity index (χ1) is 24.0. The Morgan fingerprint density at radius 2 is 1.70 bits per heavy atom. The predicted octanol–water partition coefficient (Wildman–Crippen LogP) is 4.68. The van der Waals surface area contributed by atoms with Crippen LogP contribution in [0.2, 0.25) is 0 Å². The number of amides is 2. The summed E-state index contributed by atoms with van der Waals surface area (Å²) < 4.78 is 22.2. The van der Waals surface area contributed by atoms with E-state index < -0.39 is 30.0 Å². The second-order valence-electron chi connectivity index (χ2n) is 12.6. The van der Waals surface area contributed by atoms with Gasteiger partial charge in [0.1, 0.15) is 12.1 Å². The number of H-pyrrole nitrogens is 1. The molecule has 12 nitrogen and oxygen atoms in total. The SMILES string of the molecule is COC(=O)C(Cc1c[nH]c2ccccc12)NC(=O)C(Nc1ccc2c(cc1=O)C(NC(C)=O)CCc1cc(OC)c(OC)c(OC)c1-2)C(C)C. The molecule has 0 radical (unpaired) electrons.